The van der Waals surface area contributed by atoms with E-state index < -0.39 is 0 Å². The molecule has 1 amide bonds. The lowest BCUT2D eigenvalue weighted by molar-refractivity contribution is -0.126. The van der Waals surface area contributed by atoms with Crippen LogP contribution < -0.4 is 9.64 Å². The van der Waals surface area contributed by atoms with Gasteiger partial charge in [0.15, 0.2) is 0 Å². The first-order valence-electron chi connectivity index (χ1n) is 9.36. The average Bonchev–Trinajstić information content (AvgIpc) is 2.72. The minimum Gasteiger partial charge on any atom is -0.494 e. The summed E-state index contributed by atoms with van der Waals surface area (Å²) in [6, 6.07) is 14.5. The zero-order chi connectivity index (χ0) is 19.1. The highest BCUT2D eigenvalue weighted by Gasteiger charge is 2.21. The van der Waals surface area contributed by atoms with Crippen molar-refractivity contribution in [3.8, 4) is 5.75 Å². The second-order valence-corrected chi connectivity index (χ2v) is 6.51. The number of amides is 1. The fourth-order valence-corrected chi connectivity index (χ4v) is 3.04. The van der Waals surface area contributed by atoms with Crippen LogP contribution in [0.1, 0.15) is 18.9 Å². The third kappa shape index (κ3) is 5.09. The second kappa shape index (κ2) is 9.21. The van der Waals surface area contributed by atoms with Crippen molar-refractivity contribution < 1.29 is 13.9 Å². The van der Waals surface area contributed by atoms with Crippen molar-refractivity contribution in [2.75, 3.05) is 37.7 Å². The van der Waals surface area contributed by atoms with Crippen LogP contribution in [0.2, 0.25) is 0 Å². The van der Waals surface area contributed by atoms with Crippen LogP contribution in [0.5, 0.6) is 5.75 Å². The van der Waals surface area contributed by atoms with Crippen LogP contribution >= 0.6 is 0 Å². The Bertz CT molecular complexity index is 781. The molecule has 1 aliphatic rings. The van der Waals surface area contributed by atoms with Gasteiger partial charge < -0.3 is 14.5 Å². The van der Waals surface area contributed by atoms with Crippen LogP contribution in [-0.2, 0) is 4.79 Å². The highest BCUT2D eigenvalue weighted by molar-refractivity contribution is 5.92. The quantitative estimate of drug-likeness (QED) is 0.723. The van der Waals surface area contributed by atoms with E-state index >= 15 is 0 Å². The van der Waals surface area contributed by atoms with Gasteiger partial charge in [-0.1, -0.05) is 31.2 Å². The summed E-state index contributed by atoms with van der Waals surface area (Å²) in [6.45, 7) is 5.20. The molecule has 0 unspecified atom stereocenters. The first-order chi connectivity index (χ1) is 13.2. The average molecular weight is 368 g/mol. The number of hydrogen-bond acceptors (Lipinski definition) is 3. The van der Waals surface area contributed by atoms with E-state index in [2.05, 4.69) is 6.92 Å². The van der Waals surface area contributed by atoms with Crippen molar-refractivity contribution in [2.45, 2.75) is 13.3 Å². The van der Waals surface area contributed by atoms with Crippen LogP contribution in [-0.4, -0.2) is 43.6 Å². The molecule has 0 N–H and O–H groups in total. The molecule has 0 bridgehead atoms. The van der Waals surface area contributed by atoms with E-state index in [4.69, 9.17) is 4.74 Å². The third-order valence-electron chi connectivity index (χ3n) is 4.56. The van der Waals surface area contributed by atoms with Gasteiger partial charge in [-0.2, -0.15) is 0 Å². The molecule has 0 radical (unpaired) electrons. The van der Waals surface area contributed by atoms with Gasteiger partial charge >= 0.3 is 0 Å². The largest absolute Gasteiger partial charge is 0.494 e. The van der Waals surface area contributed by atoms with Crippen LogP contribution in [0.3, 0.4) is 0 Å². The Balaban J connectivity index is 1.52. The molecule has 142 valence electrons. The SMILES string of the molecule is CCCOc1ccc(/C=C/C(=O)N2CCN(c3ccccc3F)CC2)cc1. The maximum atomic E-state index is 13.9. The Hall–Kier alpha value is -2.82. The van der Waals surface area contributed by atoms with Crippen LogP contribution in [0.25, 0.3) is 6.08 Å². The molecule has 2 aromatic carbocycles. The van der Waals surface area contributed by atoms with E-state index in [-0.39, 0.29) is 11.7 Å². The minimum atomic E-state index is -0.219. The maximum absolute atomic E-state index is 13.9. The van der Waals surface area contributed by atoms with E-state index in [1.54, 1.807) is 23.1 Å². The number of carbonyl (C=O) groups is 1. The van der Waals surface area contributed by atoms with E-state index in [0.717, 1.165) is 17.7 Å². The Morgan fingerprint density at radius 2 is 1.78 bits per heavy atom. The van der Waals surface area contributed by atoms with E-state index in [1.807, 2.05) is 41.3 Å². The summed E-state index contributed by atoms with van der Waals surface area (Å²) in [7, 11) is 0. The normalized spacial score (nSPS) is 14.6. The highest BCUT2D eigenvalue weighted by Crippen LogP contribution is 2.20. The van der Waals surface area contributed by atoms with Gasteiger partial charge in [0.05, 0.1) is 12.3 Å². The maximum Gasteiger partial charge on any atom is 0.246 e. The van der Waals surface area contributed by atoms with Crippen molar-refractivity contribution in [1.29, 1.82) is 0 Å². The fourth-order valence-electron chi connectivity index (χ4n) is 3.04. The zero-order valence-electron chi connectivity index (χ0n) is 15.6. The number of hydrogen-bond donors (Lipinski definition) is 0. The number of para-hydroxylation sites is 1. The first-order valence-corrected chi connectivity index (χ1v) is 9.36. The minimum absolute atomic E-state index is 0.0190. The molecule has 1 fully saturated rings. The van der Waals surface area contributed by atoms with Crippen LogP contribution in [0.4, 0.5) is 10.1 Å². The van der Waals surface area contributed by atoms with Gasteiger partial charge in [-0.05, 0) is 42.3 Å². The molecule has 0 atom stereocenters. The van der Waals surface area contributed by atoms with Crippen molar-refractivity contribution >= 4 is 17.7 Å². The number of carbonyl (C=O) groups excluding carboxylic acids is 1. The molecule has 1 saturated heterocycles. The zero-order valence-corrected chi connectivity index (χ0v) is 15.6. The highest BCUT2D eigenvalue weighted by atomic mass is 19.1. The van der Waals surface area contributed by atoms with Crippen molar-refractivity contribution in [3.05, 3.63) is 66.0 Å². The molecule has 2 aromatic rings. The topological polar surface area (TPSA) is 32.8 Å². The number of piperazine rings is 1. The molecule has 0 aromatic heterocycles. The molecular weight excluding hydrogens is 343 g/mol. The fraction of sp³-hybridized carbons (Fsp3) is 0.318. The predicted molar refractivity (Wildman–Crippen MR) is 106 cm³/mol. The number of benzene rings is 2. The van der Waals surface area contributed by atoms with E-state index in [0.29, 0.717) is 38.5 Å². The summed E-state index contributed by atoms with van der Waals surface area (Å²) in [5.41, 5.74) is 1.56. The molecule has 0 saturated carbocycles. The summed E-state index contributed by atoms with van der Waals surface area (Å²) in [5.74, 6) is 0.600. The van der Waals surface area contributed by atoms with E-state index in [1.165, 1.54) is 6.07 Å². The van der Waals surface area contributed by atoms with Gasteiger partial charge in [0, 0.05) is 32.3 Å². The lowest BCUT2D eigenvalue weighted by Crippen LogP contribution is -2.48. The summed E-state index contributed by atoms with van der Waals surface area (Å²) in [5, 5.41) is 0. The molecule has 1 aliphatic heterocycles. The van der Waals surface area contributed by atoms with Gasteiger partial charge in [0.1, 0.15) is 11.6 Å². The van der Waals surface area contributed by atoms with Gasteiger partial charge in [-0.25, -0.2) is 4.39 Å². The monoisotopic (exact) mass is 368 g/mol. The number of rotatable bonds is 6. The van der Waals surface area contributed by atoms with Crippen molar-refractivity contribution in [3.63, 3.8) is 0 Å². The standard InChI is InChI=1S/C22H25FN2O2/c1-2-17-27-19-10-7-18(8-11-19)9-12-22(26)25-15-13-24(14-16-25)21-6-4-3-5-20(21)23/h3-12H,2,13-17H2,1H3/b12-9+. The van der Waals surface area contributed by atoms with Crippen molar-refractivity contribution in [1.82, 2.24) is 4.90 Å². The summed E-state index contributed by atoms with van der Waals surface area (Å²) in [6.07, 6.45) is 4.39. The van der Waals surface area contributed by atoms with E-state index in [9.17, 15) is 9.18 Å². The number of anilines is 1. The molecule has 0 spiro atoms. The third-order valence-corrected chi connectivity index (χ3v) is 4.56. The molecule has 27 heavy (non-hydrogen) atoms. The smallest absolute Gasteiger partial charge is 0.246 e. The Labute approximate surface area is 159 Å². The molecule has 4 nitrogen and oxygen atoms in total. The van der Waals surface area contributed by atoms with Gasteiger partial charge in [0.25, 0.3) is 0 Å². The molecule has 5 heteroatoms. The number of nitrogens with zero attached hydrogens (tertiary/aromatic N) is 2. The molecular formula is C22H25FN2O2. The lowest BCUT2D eigenvalue weighted by Gasteiger charge is -2.35. The van der Waals surface area contributed by atoms with Gasteiger partial charge in [-0.15, -0.1) is 0 Å². The Morgan fingerprint density at radius 1 is 1.07 bits per heavy atom. The Morgan fingerprint density at radius 3 is 2.44 bits per heavy atom. The van der Waals surface area contributed by atoms with Crippen molar-refractivity contribution in [2.24, 2.45) is 0 Å². The molecule has 1 heterocycles. The summed E-state index contributed by atoms with van der Waals surface area (Å²) in [4.78, 5) is 16.2. The van der Waals surface area contributed by atoms with Crippen LogP contribution in [0, 0.1) is 5.82 Å². The van der Waals surface area contributed by atoms with Gasteiger partial charge in [-0.3, -0.25) is 4.79 Å². The number of ether oxygens (including phenoxy) is 1. The Kier molecular flexibility index (Phi) is 6.47. The van der Waals surface area contributed by atoms with Gasteiger partial charge in [0.2, 0.25) is 5.91 Å². The number of halogens is 1. The second-order valence-electron chi connectivity index (χ2n) is 6.51. The van der Waals surface area contributed by atoms with Crippen LogP contribution in [0.15, 0.2) is 54.6 Å². The first kappa shape index (κ1) is 19.0. The lowest BCUT2D eigenvalue weighted by atomic mass is 10.2. The summed E-state index contributed by atoms with van der Waals surface area (Å²) < 4.78 is 19.4. The molecule has 0 aliphatic carbocycles. The molecule has 3 rings (SSSR count). The predicted octanol–water partition coefficient (Wildman–Crippen LogP) is 3.98. The summed E-state index contributed by atoms with van der Waals surface area (Å²) >= 11 is 0.